The minimum Gasteiger partial charge on any atom is -0.486 e. The molecule has 3 atom stereocenters. The monoisotopic (exact) mass is 533 g/mol. The predicted octanol–water partition coefficient (Wildman–Crippen LogP) is 2.70. The molecule has 1 fully saturated rings. The lowest BCUT2D eigenvalue weighted by Crippen LogP contribution is -2.55. The Labute approximate surface area is 228 Å². The Morgan fingerprint density at radius 1 is 1.21 bits per heavy atom. The number of aliphatic hydroxyl groups is 4. The van der Waals surface area contributed by atoms with Crippen LogP contribution in [0.4, 0.5) is 0 Å². The first-order valence-electron chi connectivity index (χ1n) is 13.0. The van der Waals surface area contributed by atoms with E-state index in [0.717, 1.165) is 5.69 Å². The van der Waals surface area contributed by atoms with Crippen molar-refractivity contribution in [2.45, 2.75) is 51.2 Å². The minimum atomic E-state index is -2.38. The first-order valence-corrected chi connectivity index (χ1v) is 13.0. The van der Waals surface area contributed by atoms with Crippen LogP contribution in [0.2, 0.25) is 0 Å². The fourth-order valence-corrected chi connectivity index (χ4v) is 4.85. The second-order valence-electron chi connectivity index (χ2n) is 10.2. The lowest BCUT2D eigenvalue weighted by atomic mass is 9.83. The van der Waals surface area contributed by atoms with E-state index in [-0.39, 0.29) is 29.9 Å². The molecule has 4 N–H and O–H groups in total. The van der Waals surface area contributed by atoms with Gasteiger partial charge >= 0.3 is 0 Å². The van der Waals surface area contributed by atoms with Gasteiger partial charge in [0.1, 0.15) is 17.5 Å². The summed E-state index contributed by atoms with van der Waals surface area (Å²) in [5.41, 5.74) is 1.32. The first kappa shape index (κ1) is 28.4. The molecule has 0 radical (unpaired) electrons. The summed E-state index contributed by atoms with van der Waals surface area (Å²) in [7, 11) is 0. The van der Waals surface area contributed by atoms with E-state index in [1.54, 1.807) is 60.3 Å². The van der Waals surface area contributed by atoms with Gasteiger partial charge in [-0.2, -0.15) is 5.26 Å². The lowest BCUT2D eigenvalue weighted by Gasteiger charge is -2.44. The van der Waals surface area contributed by atoms with Crippen LogP contribution in [0.25, 0.3) is 16.9 Å². The highest BCUT2D eigenvalue weighted by Crippen LogP contribution is 2.38. The Bertz CT molecular complexity index is 1340. The molecular weight excluding hydrogens is 498 g/mol. The van der Waals surface area contributed by atoms with Gasteiger partial charge in [0.25, 0.3) is 5.91 Å². The average Bonchev–Trinajstić information content (AvgIpc) is 3.43. The number of aliphatic hydroxyl groups excluding tert-OH is 1. The zero-order valence-corrected chi connectivity index (χ0v) is 22.4. The van der Waals surface area contributed by atoms with E-state index in [1.165, 1.54) is 4.90 Å². The van der Waals surface area contributed by atoms with Crippen LogP contribution in [0.5, 0.6) is 5.75 Å². The summed E-state index contributed by atoms with van der Waals surface area (Å²) in [6.07, 6.45) is 6.39. The first-order chi connectivity index (χ1) is 18.6. The molecule has 1 aliphatic rings. The number of piperidine rings is 1. The largest absolute Gasteiger partial charge is 0.486 e. The zero-order valence-electron chi connectivity index (χ0n) is 22.4. The maximum atomic E-state index is 11.4. The fraction of sp³-hybridized carbons (Fsp3) is 0.414. The highest BCUT2D eigenvalue weighted by atomic mass is 16.5. The van der Waals surface area contributed by atoms with Crippen LogP contribution in [-0.4, -0.2) is 71.7 Å². The summed E-state index contributed by atoms with van der Waals surface area (Å²) in [6.45, 7) is 5.46. The van der Waals surface area contributed by atoms with E-state index in [0.29, 0.717) is 36.2 Å². The van der Waals surface area contributed by atoms with Gasteiger partial charge in [0.2, 0.25) is 0 Å². The molecular formula is C29H35N5O5. The van der Waals surface area contributed by atoms with Crippen LogP contribution in [0.1, 0.15) is 44.7 Å². The van der Waals surface area contributed by atoms with Gasteiger partial charge in [0.05, 0.1) is 41.3 Å². The molecule has 1 aromatic heterocycles. The third-order valence-corrected chi connectivity index (χ3v) is 7.23. The van der Waals surface area contributed by atoms with Gasteiger partial charge in [0.15, 0.2) is 0 Å². The number of allylic oxidation sites excluding steroid dienone is 1. The van der Waals surface area contributed by atoms with Gasteiger partial charge in [-0.1, -0.05) is 17.4 Å². The third kappa shape index (κ3) is 6.19. The van der Waals surface area contributed by atoms with Gasteiger partial charge in [-0.25, -0.2) is 9.58 Å². The summed E-state index contributed by atoms with van der Waals surface area (Å²) in [5, 5.41) is 60.6. The van der Waals surface area contributed by atoms with Crippen molar-refractivity contribution in [3.05, 3.63) is 71.9 Å². The van der Waals surface area contributed by atoms with Gasteiger partial charge in [-0.3, -0.25) is 0 Å². The smallest absolute Gasteiger partial charge is 0.257 e. The van der Waals surface area contributed by atoms with E-state index in [9.17, 15) is 20.4 Å². The maximum absolute atomic E-state index is 11.4. The molecule has 0 spiro atoms. The highest BCUT2D eigenvalue weighted by molar-refractivity contribution is 5.62. The number of likely N-dealkylation sites (tertiary alicyclic amines) is 1. The minimum absolute atomic E-state index is 0.159. The van der Waals surface area contributed by atoms with Crippen molar-refractivity contribution in [1.82, 2.24) is 19.9 Å². The second kappa shape index (κ2) is 11.7. The normalized spacial score (nSPS) is 19.0. The van der Waals surface area contributed by atoms with Crippen LogP contribution in [0, 0.1) is 17.2 Å². The number of rotatable bonds is 9. The summed E-state index contributed by atoms with van der Waals surface area (Å²) >= 11 is 0. The van der Waals surface area contributed by atoms with E-state index in [2.05, 4.69) is 16.4 Å². The average molecular weight is 534 g/mol. The summed E-state index contributed by atoms with van der Waals surface area (Å²) in [6, 6.07) is 14.1. The van der Waals surface area contributed by atoms with Crippen molar-refractivity contribution in [2.24, 2.45) is 5.92 Å². The van der Waals surface area contributed by atoms with Gasteiger partial charge in [-0.15, -0.1) is 5.10 Å². The molecule has 206 valence electrons. The van der Waals surface area contributed by atoms with Gasteiger partial charge in [0, 0.05) is 24.6 Å². The van der Waals surface area contributed by atoms with Gasteiger partial charge < -0.3 is 25.2 Å². The molecule has 0 saturated carbocycles. The molecule has 10 nitrogen and oxygen atoms in total. The molecule has 0 amide bonds. The second-order valence-corrected chi connectivity index (χ2v) is 10.2. The molecule has 4 rings (SSSR count). The number of hydrogen-bond acceptors (Lipinski definition) is 9. The highest BCUT2D eigenvalue weighted by Gasteiger charge is 2.43. The van der Waals surface area contributed by atoms with Crippen molar-refractivity contribution in [3.63, 3.8) is 0 Å². The molecule has 1 aliphatic heterocycles. The van der Waals surface area contributed by atoms with Crippen molar-refractivity contribution in [3.8, 4) is 28.8 Å². The van der Waals surface area contributed by atoms with Crippen molar-refractivity contribution >= 4 is 0 Å². The molecule has 39 heavy (non-hydrogen) atoms. The van der Waals surface area contributed by atoms with E-state index in [4.69, 9.17) is 10.00 Å². The Hall–Kier alpha value is -3.59. The van der Waals surface area contributed by atoms with Crippen molar-refractivity contribution in [1.29, 1.82) is 5.26 Å². The molecule has 2 heterocycles. The number of nitrogens with zero attached hydrogens (tertiary/aromatic N) is 5. The van der Waals surface area contributed by atoms with Crippen LogP contribution < -0.4 is 4.74 Å². The summed E-state index contributed by atoms with van der Waals surface area (Å²) < 4.78 is 7.74. The maximum Gasteiger partial charge on any atom is 0.257 e. The Morgan fingerprint density at radius 3 is 2.62 bits per heavy atom. The molecule has 10 heteroatoms. The van der Waals surface area contributed by atoms with Crippen LogP contribution in [0.3, 0.4) is 0 Å². The molecule has 0 aliphatic carbocycles. The summed E-state index contributed by atoms with van der Waals surface area (Å²) in [5.74, 6) is -2.45. The fourth-order valence-electron chi connectivity index (χ4n) is 4.85. The lowest BCUT2D eigenvalue weighted by molar-refractivity contribution is -0.287. The van der Waals surface area contributed by atoms with Crippen LogP contribution in [-0.2, 0) is 5.91 Å². The van der Waals surface area contributed by atoms with E-state index < -0.39 is 18.1 Å². The number of benzene rings is 2. The quantitative estimate of drug-likeness (QED) is 0.241. The van der Waals surface area contributed by atoms with E-state index >= 15 is 0 Å². The SMILES string of the molecule is C/C=C/C(C)Oc1cc(-c2cn(-c3ccc(C#N)cc3)nn2)ccc1C(O)(O)N1CCC[C@H]([C@](C)(O)CO)C1. The van der Waals surface area contributed by atoms with Crippen molar-refractivity contribution < 1.29 is 25.2 Å². The Morgan fingerprint density at radius 2 is 1.95 bits per heavy atom. The predicted molar refractivity (Wildman–Crippen MR) is 145 cm³/mol. The van der Waals surface area contributed by atoms with Crippen LogP contribution in [0.15, 0.2) is 60.8 Å². The zero-order chi connectivity index (χ0) is 28.2. The molecule has 2 aromatic carbocycles. The Balaban J connectivity index is 1.68. The van der Waals surface area contributed by atoms with Crippen LogP contribution >= 0.6 is 0 Å². The molecule has 3 aromatic rings. The Kier molecular flexibility index (Phi) is 8.49. The number of hydrogen-bond donors (Lipinski definition) is 4. The number of ether oxygens (including phenoxy) is 1. The topological polar surface area (TPSA) is 148 Å². The molecule has 1 saturated heterocycles. The molecule has 0 bridgehead atoms. The molecule has 1 unspecified atom stereocenters. The van der Waals surface area contributed by atoms with Gasteiger partial charge in [-0.05, 0) is 76.1 Å². The number of aromatic nitrogens is 3. The van der Waals surface area contributed by atoms with E-state index in [1.807, 2.05) is 26.0 Å². The van der Waals surface area contributed by atoms with Crippen molar-refractivity contribution in [2.75, 3.05) is 19.7 Å². The standard InChI is InChI=1S/C29H35N5O5/c1-4-6-20(2)39-27-15-22(26-18-34(32-31-26)24-11-8-21(16-30)9-12-24)10-13-25(27)29(37,38)33-14-5-7-23(17-33)28(3,36)19-35/h4,6,8-13,15,18,20,23,35-38H,5,7,14,17,19H2,1-3H3/b6-4+/t20?,23-,28+/m0/s1. The third-order valence-electron chi connectivity index (χ3n) is 7.23. The number of nitriles is 1. The summed E-state index contributed by atoms with van der Waals surface area (Å²) in [4.78, 5) is 1.49.